The molecule has 3 rings (SSSR count). The molecule has 7 heteroatoms. The highest BCUT2D eigenvalue weighted by molar-refractivity contribution is 7.13. The van der Waals surface area contributed by atoms with Crippen LogP contribution in [0.15, 0.2) is 30.3 Å². The summed E-state index contributed by atoms with van der Waals surface area (Å²) in [5, 5.41) is 10.9. The lowest BCUT2D eigenvalue weighted by Crippen LogP contribution is -2.30. The Bertz CT molecular complexity index is 824. The Morgan fingerprint density at radius 3 is 2.48 bits per heavy atom. The van der Waals surface area contributed by atoms with Crippen molar-refractivity contribution < 1.29 is 4.79 Å². The van der Waals surface area contributed by atoms with Crippen LogP contribution >= 0.6 is 11.3 Å². The standard InChI is InChI=1S/C16H17N5OS/c1-9-14(23-11(3)17-9)16(22)19-13(12-7-5-4-6-8-12)15-18-10(2)20-21-15/h4-8,13H,1-3H3,(H,19,22)(H,18,20,21)/t13-/m1/s1. The zero-order valence-corrected chi connectivity index (χ0v) is 13.9. The van der Waals surface area contributed by atoms with Gasteiger partial charge in [-0.2, -0.15) is 5.10 Å². The summed E-state index contributed by atoms with van der Waals surface area (Å²) in [6.45, 7) is 5.56. The molecular formula is C16H17N5OS. The van der Waals surface area contributed by atoms with Crippen LogP contribution in [-0.2, 0) is 0 Å². The van der Waals surface area contributed by atoms with Gasteiger partial charge in [-0.3, -0.25) is 9.89 Å². The fourth-order valence-electron chi connectivity index (χ4n) is 2.37. The Hall–Kier alpha value is -2.54. The van der Waals surface area contributed by atoms with E-state index in [-0.39, 0.29) is 5.91 Å². The van der Waals surface area contributed by atoms with Crippen LogP contribution in [0.25, 0.3) is 0 Å². The molecule has 0 spiro atoms. The van der Waals surface area contributed by atoms with E-state index >= 15 is 0 Å². The number of rotatable bonds is 4. The number of nitrogens with one attached hydrogen (secondary N) is 2. The smallest absolute Gasteiger partial charge is 0.264 e. The second-order valence-corrected chi connectivity index (χ2v) is 6.45. The van der Waals surface area contributed by atoms with Crippen molar-refractivity contribution in [3.8, 4) is 0 Å². The SMILES string of the molecule is Cc1nc([C@H](NC(=O)c2sc(C)nc2C)c2ccccc2)n[nH]1. The molecule has 0 saturated carbocycles. The molecule has 0 aliphatic heterocycles. The molecule has 1 atom stereocenters. The number of amides is 1. The van der Waals surface area contributed by atoms with E-state index in [1.807, 2.05) is 51.1 Å². The highest BCUT2D eigenvalue weighted by Gasteiger charge is 2.23. The van der Waals surface area contributed by atoms with Crippen molar-refractivity contribution in [2.75, 3.05) is 0 Å². The molecule has 0 bridgehead atoms. The van der Waals surface area contributed by atoms with E-state index in [0.29, 0.717) is 16.5 Å². The molecule has 118 valence electrons. The van der Waals surface area contributed by atoms with E-state index in [1.54, 1.807) is 0 Å². The Kier molecular flexibility index (Phi) is 4.20. The molecule has 0 saturated heterocycles. The van der Waals surface area contributed by atoms with Crippen LogP contribution in [0, 0.1) is 20.8 Å². The molecule has 2 aromatic heterocycles. The van der Waals surface area contributed by atoms with Gasteiger partial charge < -0.3 is 5.32 Å². The Labute approximate surface area is 138 Å². The Balaban J connectivity index is 1.93. The van der Waals surface area contributed by atoms with Gasteiger partial charge in [0.05, 0.1) is 10.7 Å². The van der Waals surface area contributed by atoms with Crippen LogP contribution < -0.4 is 5.32 Å². The summed E-state index contributed by atoms with van der Waals surface area (Å²) in [7, 11) is 0. The first-order valence-electron chi connectivity index (χ1n) is 7.23. The lowest BCUT2D eigenvalue weighted by Gasteiger charge is -2.16. The predicted molar refractivity (Wildman–Crippen MR) is 88.5 cm³/mol. The number of aryl methyl sites for hydroxylation is 3. The van der Waals surface area contributed by atoms with E-state index in [1.165, 1.54) is 11.3 Å². The quantitative estimate of drug-likeness (QED) is 0.772. The van der Waals surface area contributed by atoms with Crippen LogP contribution in [-0.4, -0.2) is 26.1 Å². The lowest BCUT2D eigenvalue weighted by atomic mass is 10.1. The number of carbonyl (C=O) groups excluding carboxylic acids is 1. The molecule has 2 heterocycles. The summed E-state index contributed by atoms with van der Waals surface area (Å²) in [6.07, 6.45) is 0. The summed E-state index contributed by atoms with van der Waals surface area (Å²) in [4.78, 5) is 21.9. The van der Waals surface area contributed by atoms with E-state index in [9.17, 15) is 4.79 Å². The van der Waals surface area contributed by atoms with Crippen molar-refractivity contribution in [1.29, 1.82) is 0 Å². The maximum absolute atomic E-state index is 12.6. The molecule has 23 heavy (non-hydrogen) atoms. The fraction of sp³-hybridized carbons (Fsp3) is 0.250. The van der Waals surface area contributed by atoms with Gasteiger partial charge in [-0.25, -0.2) is 9.97 Å². The van der Waals surface area contributed by atoms with E-state index in [2.05, 4.69) is 25.5 Å². The van der Waals surface area contributed by atoms with E-state index < -0.39 is 6.04 Å². The zero-order valence-electron chi connectivity index (χ0n) is 13.1. The van der Waals surface area contributed by atoms with Gasteiger partial charge in [0.15, 0.2) is 5.82 Å². The minimum Gasteiger partial charge on any atom is -0.337 e. The molecule has 6 nitrogen and oxygen atoms in total. The van der Waals surface area contributed by atoms with Crippen molar-refractivity contribution in [2.45, 2.75) is 26.8 Å². The van der Waals surface area contributed by atoms with Crippen LogP contribution in [0.5, 0.6) is 0 Å². The summed E-state index contributed by atoms with van der Waals surface area (Å²) < 4.78 is 0. The first-order valence-corrected chi connectivity index (χ1v) is 8.05. The van der Waals surface area contributed by atoms with Crippen LogP contribution in [0.3, 0.4) is 0 Å². The van der Waals surface area contributed by atoms with Gasteiger partial charge in [0, 0.05) is 0 Å². The van der Waals surface area contributed by atoms with Gasteiger partial charge in [0.25, 0.3) is 5.91 Å². The normalized spacial score (nSPS) is 12.1. The third-order valence-corrected chi connectivity index (χ3v) is 4.46. The van der Waals surface area contributed by atoms with E-state index in [0.717, 1.165) is 16.3 Å². The molecular weight excluding hydrogens is 310 g/mol. The number of aromatic nitrogens is 4. The van der Waals surface area contributed by atoms with Crippen molar-refractivity contribution >= 4 is 17.2 Å². The average Bonchev–Trinajstić information content (AvgIpc) is 3.11. The molecule has 0 radical (unpaired) electrons. The molecule has 0 aliphatic carbocycles. The minimum atomic E-state index is -0.407. The maximum atomic E-state index is 12.6. The van der Waals surface area contributed by atoms with Gasteiger partial charge in [0.1, 0.15) is 16.7 Å². The third-order valence-electron chi connectivity index (χ3n) is 3.39. The third kappa shape index (κ3) is 3.29. The fourth-order valence-corrected chi connectivity index (χ4v) is 3.19. The highest BCUT2D eigenvalue weighted by atomic mass is 32.1. The summed E-state index contributed by atoms with van der Waals surface area (Å²) in [5.41, 5.74) is 1.67. The second-order valence-electron chi connectivity index (χ2n) is 5.24. The average molecular weight is 327 g/mol. The molecule has 0 unspecified atom stereocenters. The van der Waals surface area contributed by atoms with Crippen LogP contribution in [0.2, 0.25) is 0 Å². The largest absolute Gasteiger partial charge is 0.337 e. The summed E-state index contributed by atoms with van der Waals surface area (Å²) in [5.74, 6) is 1.09. The number of nitrogens with zero attached hydrogens (tertiary/aromatic N) is 3. The van der Waals surface area contributed by atoms with E-state index in [4.69, 9.17) is 0 Å². The van der Waals surface area contributed by atoms with Crippen molar-refractivity contribution in [2.24, 2.45) is 0 Å². The number of thiazole rings is 1. The lowest BCUT2D eigenvalue weighted by molar-refractivity contribution is 0.0945. The highest BCUT2D eigenvalue weighted by Crippen LogP contribution is 2.22. The number of hydrogen-bond donors (Lipinski definition) is 2. The zero-order chi connectivity index (χ0) is 16.4. The number of H-pyrrole nitrogens is 1. The van der Waals surface area contributed by atoms with Gasteiger partial charge >= 0.3 is 0 Å². The molecule has 1 aromatic carbocycles. The maximum Gasteiger partial charge on any atom is 0.264 e. The Morgan fingerprint density at radius 2 is 1.91 bits per heavy atom. The summed E-state index contributed by atoms with van der Waals surface area (Å²) >= 11 is 1.39. The predicted octanol–water partition coefficient (Wildman–Crippen LogP) is 2.71. The van der Waals surface area contributed by atoms with Crippen molar-refractivity contribution in [3.63, 3.8) is 0 Å². The van der Waals surface area contributed by atoms with Gasteiger partial charge in [-0.05, 0) is 26.3 Å². The van der Waals surface area contributed by atoms with Gasteiger partial charge in [-0.15, -0.1) is 11.3 Å². The topological polar surface area (TPSA) is 83.6 Å². The van der Waals surface area contributed by atoms with Crippen LogP contribution in [0.1, 0.15) is 43.6 Å². The van der Waals surface area contributed by atoms with Crippen molar-refractivity contribution in [1.82, 2.24) is 25.5 Å². The number of benzene rings is 1. The van der Waals surface area contributed by atoms with Gasteiger partial charge in [0.2, 0.25) is 0 Å². The first-order chi connectivity index (χ1) is 11.0. The second kappa shape index (κ2) is 6.29. The molecule has 1 amide bonds. The number of hydrogen-bond acceptors (Lipinski definition) is 5. The molecule has 3 aromatic rings. The first kappa shape index (κ1) is 15.4. The minimum absolute atomic E-state index is 0.163. The van der Waals surface area contributed by atoms with Gasteiger partial charge in [-0.1, -0.05) is 30.3 Å². The number of carbonyl (C=O) groups is 1. The number of aromatic amines is 1. The monoisotopic (exact) mass is 327 g/mol. The molecule has 2 N–H and O–H groups in total. The molecule has 0 fully saturated rings. The van der Waals surface area contributed by atoms with Crippen molar-refractivity contribution in [3.05, 3.63) is 63.1 Å². The van der Waals surface area contributed by atoms with Crippen LogP contribution in [0.4, 0.5) is 0 Å². The molecule has 0 aliphatic rings. The summed E-state index contributed by atoms with van der Waals surface area (Å²) in [6, 6.07) is 9.27. The Morgan fingerprint density at radius 1 is 1.17 bits per heavy atom.